The predicted molar refractivity (Wildman–Crippen MR) is 122 cm³/mol. The number of aromatic nitrogens is 2. The van der Waals surface area contributed by atoms with Crippen LogP contribution in [0.5, 0.6) is 0 Å². The molecule has 3 aromatic rings. The molecule has 6 heteroatoms. The molecule has 160 valence electrons. The van der Waals surface area contributed by atoms with Crippen molar-refractivity contribution in [3.05, 3.63) is 81.9 Å². The highest BCUT2D eigenvalue weighted by molar-refractivity contribution is 5.87. The minimum absolute atomic E-state index is 0.0445. The average Bonchev–Trinajstić information content (AvgIpc) is 3.07. The minimum Gasteiger partial charge on any atom is -0.456 e. The smallest absolute Gasteiger partial charge is 0.331 e. The van der Waals surface area contributed by atoms with Crippen molar-refractivity contribution in [2.75, 3.05) is 18.0 Å². The largest absolute Gasteiger partial charge is 0.456 e. The SMILES string of the molecule is Cc1cccn2c(=O)cc(COC(=O)/C=C/c3ccc(N4CCCCCC4)cc3)nc12. The molecule has 1 aliphatic rings. The Labute approximate surface area is 181 Å². The Morgan fingerprint density at radius 1 is 1.10 bits per heavy atom. The Morgan fingerprint density at radius 2 is 1.84 bits per heavy atom. The molecular formula is C25H27N3O3. The molecule has 2 aromatic heterocycles. The summed E-state index contributed by atoms with van der Waals surface area (Å²) in [5.41, 5.74) is 3.86. The second-order valence-corrected chi connectivity index (χ2v) is 7.90. The number of nitrogens with zero attached hydrogens (tertiary/aromatic N) is 3. The van der Waals surface area contributed by atoms with Crippen molar-refractivity contribution in [1.82, 2.24) is 9.38 Å². The first-order chi connectivity index (χ1) is 15.1. The summed E-state index contributed by atoms with van der Waals surface area (Å²) in [6, 6.07) is 13.3. The topological polar surface area (TPSA) is 63.9 Å². The van der Waals surface area contributed by atoms with Gasteiger partial charge in [0.15, 0.2) is 0 Å². The van der Waals surface area contributed by atoms with E-state index in [2.05, 4.69) is 22.0 Å². The highest BCUT2D eigenvalue weighted by Gasteiger charge is 2.10. The Hall–Kier alpha value is -3.41. The van der Waals surface area contributed by atoms with Crippen LogP contribution in [-0.4, -0.2) is 28.4 Å². The van der Waals surface area contributed by atoms with Crippen LogP contribution in [0.15, 0.2) is 59.5 Å². The third-order valence-corrected chi connectivity index (χ3v) is 5.58. The molecule has 1 aromatic carbocycles. The summed E-state index contributed by atoms with van der Waals surface area (Å²) in [5, 5.41) is 0. The summed E-state index contributed by atoms with van der Waals surface area (Å²) < 4.78 is 6.76. The number of carbonyl (C=O) groups excluding carboxylic acids is 1. The molecule has 31 heavy (non-hydrogen) atoms. The number of ether oxygens (including phenoxy) is 1. The monoisotopic (exact) mass is 417 g/mol. The molecule has 0 N–H and O–H groups in total. The lowest BCUT2D eigenvalue weighted by molar-refractivity contribution is -0.139. The molecule has 4 rings (SSSR count). The standard InChI is InChI=1S/C25H27N3O3/c1-19-7-6-16-28-23(29)17-21(26-25(19)28)18-31-24(30)13-10-20-8-11-22(12-9-20)27-14-4-2-3-5-15-27/h6-13,16-17H,2-5,14-15,18H2,1H3/b13-10+. The Balaban J connectivity index is 1.36. The van der Waals surface area contributed by atoms with Gasteiger partial charge in [-0.15, -0.1) is 0 Å². The van der Waals surface area contributed by atoms with Crippen LogP contribution in [0.4, 0.5) is 5.69 Å². The van der Waals surface area contributed by atoms with E-state index in [0.717, 1.165) is 24.2 Å². The van der Waals surface area contributed by atoms with Crippen LogP contribution < -0.4 is 10.5 Å². The van der Waals surface area contributed by atoms with E-state index in [1.807, 2.05) is 25.1 Å². The van der Waals surface area contributed by atoms with E-state index in [-0.39, 0.29) is 12.2 Å². The van der Waals surface area contributed by atoms with Gasteiger partial charge in [0.05, 0.1) is 5.69 Å². The fourth-order valence-electron chi connectivity index (χ4n) is 3.87. The van der Waals surface area contributed by atoms with E-state index in [4.69, 9.17) is 4.74 Å². The molecule has 6 nitrogen and oxygen atoms in total. The maximum Gasteiger partial charge on any atom is 0.331 e. The van der Waals surface area contributed by atoms with Crippen molar-refractivity contribution in [2.24, 2.45) is 0 Å². The fraction of sp³-hybridized carbons (Fsp3) is 0.320. The van der Waals surface area contributed by atoms with Crippen LogP contribution in [0.1, 0.15) is 42.5 Å². The second kappa shape index (κ2) is 9.60. The third kappa shape index (κ3) is 5.20. The zero-order valence-electron chi connectivity index (χ0n) is 17.8. The molecule has 1 fully saturated rings. The third-order valence-electron chi connectivity index (χ3n) is 5.58. The normalized spacial score (nSPS) is 14.7. The highest BCUT2D eigenvalue weighted by atomic mass is 16.5. The van der Waals surface area contributed by atoms with Crippen LogP contribution in [0, 0.1) is 6.92 Å². The van der Waals surface area contributed by atoms with Crippen LogP contribution in [0.25, 0.3) is 11.7 Å². The molecule has 0 amide bonds. The summed E-state index contributed by atoms with van der Waals surface area (Å²) in [5.74, 6) is -0.469. The molecule has 3 heterocycles. The van der Waals surface area contributed by atoms with Gasteiger partial charge in [0, 0.05) is 37.1 Å². The quantitative estimate of drug-likeness (QED) is 0.461. The van der Waals surface area contributed by atoms with E-state index < -0.39 is 5.97 Å². The maximum absolute atomic E-state index is 12.2. The van der Waals surface area contributed by atoms with E-state index in [1.54, 1.807) is 18.3 Å². The Morgan fingerprint density at radius 3 is 2.58 bits per heavy atom. The van der Waals surface area contributed by atoms with Crippen LogP contribution >= 0.6 is 0 Å². The van der Waals surface area contributed by atoms with E-state index in [0.29, 0.717) is 11.3 Å². The number of hydrogen-bond donors (Lipinski definition) is 0. The molecule has 1 aliphatic heterocycles. The fourth-order valence-corrected chi connectivity index (χ4v) is 3.87. The minimum atomic E-state index is -0.469. The number of hydrogen-bond acceptors (Lipinski definition) is 5. The van der Waals surface area contributed by atoms with Gasteiger partial charge in [-0.1, -0.05) is 31.0 Å². The lowest BCUT2D eigenvalue weighted by atomic mass is 10.1. The number of carbonyl (C=O) groups is 1. The first kappa shape index (κ1) is 20.8. The van der Waals surface area contributed by atoms with Gasteiger partial charge in [-0.3, -0.25) is 9.20 Å². The summed E-state index contributed by atoms with van der Waals surface area (Å²) in [6.07, 6.45) is 9.92. The van der Waals surface area contributed by atoms with E-state index >= 15 is 0 Å². The molecule has 0 spiro atoms. The first-order valence-electron chi connectivity index (χ1n) is 10.8. The van der Waals surface area contributed by atoms with Crippen molar-refractivity contribution in [3.63, 3.8) is 0 Å². The molecule has 0 atom stereocenters. The predicted octanol–water partition coefficient (Wildman–Crippen LogP) is 4.14. The summed E-state index contributed by atoms with van der Waals surface area (Å²) in [4.78, 5) is 31.2. The summed E-state index contributed by atoms with van der Waals surface area (Å²) >= 11 is 0. The van der Waals surface area contributed by atoms with Gasteiger partial charge >= 0.3 is 5.97 Å². The zero-order chi connectivity index (χ0) is 21.6. The van der Waals surface area contributed by atoms with Gasteiger partial charge in [-0.2, -0.15) is 0 Å². The molecule has 1 saturated heterocycles. The van der Waals surface area contributed by atoms with E-state index in [1.165, 1.54) is 47.9 Å². The van der Waals surface area contributed by atoms with Gasteiger partial charge < -0.3 is 9.64 Å². The van der Waals surface area contributed by atoms with Gasteiger partial charge in [0.25, 0.3) is 5.56 Å². The van der Waals surface area contributed by atoms with Crippen LogP contribution in [0.2, 0.25) is 0 Å². The second-order valence-electron chi connectivity index (χ2n) is 7.90. The van der Waals surface area contributed by atoms with Gasteiger partial charge in [-0.25, -0.2) is 9.78 Å². The maximum atomic E-state index is 12.2. The number of pyridine rings is 1. The Bertz CT molecular complexity index is 1140. The van der Waals surface area contributed by atoms with Crippen molar-refractivity contribution in [2.45, 2.75) is 39.2 Å². The first-order valence-corrected chi connectivity index (χ1v) is 10.8. The molecule has 0 radical (unpaired) electrons. The van der Waals surface area contributed by atoms with Crippen molar-refractivity contribution >= 4 is 23.4 Å². The molecular weight excluding hydrogens is 390 g/mol. The molecule has 0 saturated carbocycles. The summed E-state index contributed by atoms with van der Waals surface area (Å²) in [7, 11) is 0. The van der Waals surface area contributed by atoms with E-state index in [9.17, 15) is 9.59 Å². The number of esters is 1. The van der Waals surface area contributed by atoms with Crippen molar-refractivity contribution in [1.29, 1.82) is 0 Å². The lowest BCUT2D eigenvalue weighted by Gasteiger charge is -2.22. The van der Waals surface area contributed by atoms with Crippen molar-refractivity contribution < 1.29 is 9.53 Å². The van der Waals surface area contributed by atoms with Gasteiger partial charge in [0.2, 0.25) is 0 Å². The number of rotatable bonds is 5. The Kier molecular flexibility index (Phi) is 6.46. The molecule has 0 aliphatic carbocycles. The van der Waals surface area contributed by atoms with Crippen LogP contribution in [0.3, 0.4) is 0 Å². The number of anilines is 1. The molecule has 0 bridgehead atoms. The van der Waals surface area contributed by atoms with Crippen molar-refractivity contribution in [3.8, 4) is 0 Å². The molecule has 0 unspecified atom stereocenters. The number of benzene rings is 1. The highest BCUT2D eigenvalue weighted by Crippen LogP contribution is 2.20. The summed E-state index contributed by atoms with van der Waals surface area (Å²) in [6.45, 7) is 4.05. The lowest BCUT2D eigenvalue weighted by Crippen LogP contribution is -2.23. The van der Waals surface area contributed by atoms with Gasteiger partial charge in [-0.05, 0) is 55.2 Å². The van der Waals surface area contributed by atoms with Gasteiger partial charge in [0.1, 0.15) is 12.3 Å². The average molecular weight is 418 g/mol. The van der Waals surface area contributed by atoms with Crippen LogP contribution in [-0.2, 0) is 16.1 Å². The zero-order valence-corrected chi connectivity index (χ0v) is 17.8. The number of fused-ring (bicyclic) bond motifs is 1. The number of aryl methyl sites for hydroxylation is 1.